The summed E-state index contributed by atoms with van der Waals surface area (Å²) in [6, 6.07) is 14.8. The van der Waals surface area contributed by atoms with Crippen molar-refractivity contribution in [2.45, 2.75) is 17.5 Å². The molecule has 0 saturated carbocycles. The summed E-state index contributed by atoms with van der Waals surface area (Å²) in [5.41, 5.74) is 1.47. The monoisotopic (exact) mass is 520 g/mol. The second-order valence-electron chi connectivity index (χ2n) is 7.85. The predicted octanol–water partition coefficient (Wildman–Crippen LogP) is 3.10. The molecule has 2 amide bonds. The lowest BCUT2D eigenvalue weighted by Gasteiger charge is -2.36. The summed E-state index contributed by atoms with van der Waals surface area (Å²) >= 11 is 6.29. The van der Waals surface area contributed by atoms with Gasteiger partial charge < -0.3 is 0 Å². The fraction of sp³-hybridized carbons (Fsp3) is 0.227. The number of aromatic nitrogens is 2. The average Bonchev–Trinajstić information content (AvgIpc) is 2.78. The fourth-order valence-corrected chi connectivity index (χ4v) is 5.48. The second kappa shape index (κ2) is 9.32. The number of fused-ring (bicyclic) bond motifs is 1. The molecule has 9 nitrogen and oxygen atoms in total. The number of hydrogen-bond acceptors (Lipinski definition) is 7. The van der Waals surface area contributed by atoms with Crippen molar-refractivity contribution in [3.63, 3.8) is 0 Å². The van der Waals surface area contributed by atoms with Gasteiger partial charge in [0.05, 0.1) is 28.8 Å². The summed E-state index contributed by atoms with van der Waals surface area (Å²) in [6.45, 7) is -0.160. The van der Waals surface area contributed by atoms with E-state index in [9.17, 15) is 21.6 Å². The Labute approximate surface area is 202 Å². The minimum Gasteiger partial charge on any atom is -0.288 e. The van der Waals surface area contributed by atoms with E-state index in [2.05, 4.69) is 9.97 Å². The normalized spacial score (nSPS) is 14.2. The number of carbonyl (C=O) groups is 1. The van der Waals surface area contributed by atoms with Crippen molar-refractivity contribution in [2.24, 2.45) is 0 Å². The molecule has 12 heteroatoms. The number of nitrogens with zero attached hydrogens (tertiary/aromatic N) is 4. The van der Waals surface area contributed by atoms with E-state index in [-0.39, 0.29) is 30.4 Å². The number of urea groups is 1. The van der Waals surface area contributed by atoms with Crippen LogP contribution in [0.1, 0.15) is 11.1 Å². The molecule has 0 N–H and O–H groups in total. The average molecular weight is 521 g/mol. The Morgan fingerprint density at radius 2 is 1.68 bits per heavy atom. The number of anilines is 2. The molecule has 0 atom stereocenters. The van der Waals surface area contributed by atoms with Gasteiger partial charge in [-0.3, -0.25) is 9.80 Å². The maximum Gasteiger partial charge on any atom is 0.330 e. The van der Waals surface area contributed by atoms with Crippen molar-refractivity contribution < 1.29 is 21.6 Å². The molecule has 3 aromatic rings. The standard InChI is InChI=1S/C22H21ClN4O5S2/c1-33(29,30)12-11-26-20-17(14-27(22(26)28)19-10-6-5-9-18(19)23)13-24-21(25-20)34(31,32)15-16-7-3-2-4-8-16/h2-10,13H,11-12,14-15H2,1H3. The van der Waals surface area contributed by atoms with E-state index >= 15 is 0 Å². The number of carbonyl (C=O) groups excluding carboxylic acids is 1. The van der Waals surface area contributed by atoms with Gasteiger partial charge in [0.25, 0.3) is 0 Å². The summed E-state index contributed by atoms with van der Waals surface area (Å²) in [4.78, 5) is 24.2. The Hall–Kier alpha value is -3.02. The number of benzene rings is 2. The maximum absolute atomic E-state index is 13.4. The molecule has 0 bridgehead atoms. The highest BCUT2D eigenvalue weighted by Crippen LogP contribution is 2.34. The molecule has 0 spiro atoms. The van der Waals surface area contributed by atoms with Crippen molar-refractivity contribution in [3.8, 4) is 0 Å². The van der Waals surface area contributed by atoms with Crippen LogP contribution in [-0.2, 0) is 32.0 Å². The van der Waals surface area contributed by atoms with E-state index in [1.807, 2.05) is 0 Å². The zero-order chi connectivity index (χ0) is 24.5. The quantitative estimate of drug-likeness (QED) is 0.439. The smallest absolute Gasteiger partial charge is 0.288 e. The first-order valence-corrected chi connectivity index (χ1v) is 14.3. The lowest BCUT2D eigenvalue weighted by Crippen LogP contribution is -2.49. The van der Waals surface area contributed by atoms with E-state index in [1.165, 1.54) is 11.1 Å². The van der Waals surface area contributed by atoms with Crippen LogP contribution in [0.3, 0.4) is 0 Å². The SMILES string of the molecule is CS(=O)(=O)CCN1C(=O)N(c2ccccc2Cl)Cc2cnc(S(=O)(=O)Cc3ccccc3)nc21. The first-order valence-electron chi connectivity index (χ1n) is 10.2. The van der Waals surface area contributed by atoms with E-state index in [0.29, 0.717) is 21.8 Å². The number of rotatable bonds is 7. The molecule has 0 radical (unpaired) electrons. The van der Waals surface area contributed by atoms with Gasteiger partial charge in [-0.1, -0.05) is 54.1 Å². The van der Waals surface area contributed by atoms with Crippen molar-refractivity contribution in [1.29, 1.82) is 0 Å². The van der Waals surface area contributed by atoms with E-state index in [0.717, 1.165) is 11.2 Å². The van der Waals surface area contributed by atoms with Crippen LogP contribution in [0.5, 0.6) is 0 Å². The molecule has 4 rings (SSSR count). The second-order valence-corrected chi connectivity index (χ2v) is 12.4. The molecule has 2 heterocycles. The number of halogens is 1. The van der Waals surface area contributed by atoms with E-state index < -0.39 is 30.9 Å². The van der Waals surface area contributed by atoms with Gasteiger partial charge in [0.15, 0.2) is 0 Å². The van der Waals surface area contributed by atoms with Crippen LogP contribution >= 0.6 is 11.6 Å². The molecule has 0 saturated heterocycles. The van der Waals surface area contributed by atoms with Crippen LogP contribution in [0.15, 0.2) is 66.0 Å². The van der Waals surface area contributed by atoms with Crippen LogP contribution in [-0.4, -0.2) is 51.4 Å². The van der Waals surface area contributed by atoms with Crippen LogP contribution in [0, 0.1) is 0 Å². The lowest BCUT2D eigenvalue weighted by atomic mass is 10.2. The molecular formula is C22H21ClN4O5S2. The van der Waals surface area contributed by atoms with Gasteiger partial charge in [-0.25, -0.2) is 31.6 Å². The summed E-state index contributed by atoms with van der Waals surface area (Å²) in [5, 5.41) is -0.0937. The van der Waals surface area contributed by atoms with Gasteiger partial charge >= 0.3 is 6.03 Å². The Morgan fingerprint density at radius 3 is 2.35 bits per heavy atom. The van der Waals surface area contributed by atoms with Crippen molar-refractivity contribution >= 4 is 48.8 Å². The fourth-order valence-electron chi connectivity index (χ4n) is 3.53. The lowest BCUT2D eigenvalue weighted by molar-refractivity contribution is 0.250. The third-order valence-corrected chi connectivity index (χ3v) is 7.88. The molecule has 0 unspecified atom stereocenters. The number of para-hydroxylation sites is 1. The summed E-state index contributed by atoms with van der Waals surface area (Å²) in [6.07, 6.45) is 2.41. The van der Waals surface area contributed by atoms with Gasteiger partial charge in [0.1, 0.15) is 15.7 Å². The summed E-state index contributed by atoms with van der Waals surface area (Å²) in [5.74, 6) is -0.570. The van der Waals surface area contributed by atoms with Crippen LogP contribution in [0.25, 0.3) is 0 Å². The van der Waals surface area contributed by atoms with Crippen LogP contribution in [0.4, 0.5) is 16.3 Å². The van der Waals surface area contributed by atoms with Crippen LogP contribution in [0.2, 0.25) is 5.02 Å². The third kappa shape index (κ3) is 5.21. The zero-order valence-corrected chi connectivity index (χ0v) is 20.5. The highest BCUT2D eigenvalue weighted by molar-refractivity contribution is 7.90. The van der Waals surface area contributed by atoms with Gasteiger partial charge in [0, 0.05) is 24.6 Å². The largest absolute Gasteiger partial charge is 0.330 e. The van der Waals surface area contributed by atoms with Crippen molar-refractivity contribution in [1.82, 2.24) is 9.97 Å². The highest BCUT2D eigenvalue weighted by atomic mass is 35.5. The molecule has 34 heavy (non-hydrogen) atoms. The zero-order valence-electron chi connectivity index (χ0n) is 18.1. The Kier molecular flexibility index (Phi) is 6.61. The molecular weight excluding hydrogens is 500 g/mol. The maximum atomic E-state index is 13.4. The van der Waals surface area contributed by atoms with Gasteiger partial charge in [-0.15, -0.1) is 0 Å². The molecule has 1 aliphatic heterocycles. The highest BCUT2D eigenvalue weighted by Gasteiger charge is 2.35. The molecule has 1 aliphatic rings. The molecule has 0 fully saturated rings. The Balaban J connectivity index is 1.75. The first kappa shape index (κ1) is 24.1. The third-order valence-electron chi connectivity index (χ3n) is 5.17. The van der Waals surface area contributed by atoms with Gasteiger partial charge in [-0.05, 0) is 17.7 Å². The number of amides is 2. The summed E-state index contributed by atoms with van der Waals surface area (Å²) < 4.78 is 49.6. The predicted molar refractivity (Wildman–Crippen MR) is 129 cm³/mol. The van der Waals surface area contributed by atoms with Crippen molar-refractivity contribution in [3.05, 3.63) is 76.9 Å². The molecule has 2 aromatic carbocycles. The molecule has 1 aromatic heterocycles. The number of sulfone groups is 2. The summed E-state index contributed by atoms with van der Waals surface area (Å²) in [7, 11) is -7.34. The Bertz CT molecular complexity index is 1450. The molecule has 0 aliphatic carbocycles. The van der Waals surface area contributed by atoms with E-state index in [4.69, 9.17) is 11.6 Å². The molecule has 178 valence electrons. The number of hydrogen-bond donors (Lipinski definition) is 0. The minimum atomic E-state index is -3.92. The van der Waals surface area contributed by atoms with Crippen molar-refractivity contribution in [2.75, 3.05) is 28.4 Å². The van der Waals surface area contributed by atoms with Gasteiger partial charge in [0.2, 0.25) is 15.0 Å². The Morgan fingerprint density at radius 1 is 1.00 bits per heavy atom. The van der Waals surface area contributed by atoms with Gasteiger partial charge in [-0.2, -0.15) is 0 Å². The van der Waals surface area contributed by atoms with E-state index in [1.54, 1.807) is 54.6 Å². The minimum absolute atomic E-state index is 0.0479. The topological polar surface area (TPSA) is 118 Å². The van der Waals surface area contributed by atoms with Crippen LogP contribution < -0.4 is 9.80 Å². The first-order chi connectivity index (χ1) is 16.0.